The van der Waals surface area contributed by atoms with Crippen LogP contribution in [0.3, 0.4) is 0 Å². The average molecular weight is 166 g/mol. The summed E-state index contributed by atoms with van der Waals surface area (Å²) >= 11 is 0. The Labute approximate surface area is 72.4 Å². The second-order valence-corrected chi connectivity index (χ2v) is 3.43. The highest BCUT2D eigenvalue weighted by atomic mass is 16.1. The zero-order chi connectivity index (χ0) is 8.39. The number of fused-ring (bicyclic) bond motifs is 1. The molecule has 1 unspecified atom stereocenters. The predicted molar refractivity (Wildman–Crippen MR) is 45.9 cm³/mol. The molecule has 66 valence electrons. The van der Waals surface area contributed by atoms with Gasteiger partial charge in [-0.05, 0) is 25.7 Å². The molecule has 0 aromatic rings. The average Bonchev–Trinajstić information content (AvgIpc) is 2.17. The Morgan fingerprint density at radius 3 is 3.33 bits per heavy atom. The fourth-order valence-electron chi connectivity index (χ4n) is 2.06. The van der Waals surface area contributed by atoms with Crippen molar-refractivity contribution in [2.24, 2.45) is 5.92 Å². The van der Waals surface area contributed by atoms with Crippen LogP contribution < -0.4 is 5.43 Å². The van der Waals surface area contributed by atoms with Crippen LogP contribution in [0.2, 0.25) is 0 Å². The normalized spacial score (nSPS) is 29.2. The summed E-state index contributed by atoms with van der Waals surface area (Å²) in [4.78, 5) is 10.6. The van der Waals surface area contributed by atoms with Gasteiger partial charge in [0.25, 0.3) is 0 Å². The Bertz CT molecular complexity index is 213. The molecule has 0 radical (unpaired) electrons. The molecule has 0 aromatic heterocycles. The van der Waals surface area contributed by atoms with Crippen LogP contribution >= 0.6 is 0 Å². The second kappa shape index (κ2) is 3.27. The van der Waals surface area contributed by atoms with Crippen molar-refractivity contribution in [1.82, 2.24) is 10.4 Å². The van der Waals surface area contributed by atoms with Crippen LogP contribution in [0.25, 0.3) is 0 Å². The smallest absolute Gasteiger partial charge is 0.228 e. The van der Waals surface area contributed by atoms with E-state index in [-0.39, 0.29) is 0 Å². The first kappa shape index (κ1) is 7.80. The summed E-state index contributed by atoms with van der Waals surface area (Å²) in [7, 11) is 0. The summed E-state index contributed by atoms with van der Waals surface area (Å²) in [5.41, 5.74) is 4.26. The number of amides is 1. The number of nitrogens with one attached hydrogen (secondary N) is 1. The summed E-state index contributed by atoms with van der Waals surface area (Å²) in [6, 6.07) is 0. The minimum absolute atomic E-state index is 0.630. The standard InChI is InChI=1S/C9H14N2O/c12-7-11-9-4-2-1-3-8(9)5-6-10-11/h4,7-8,10H,1-3,5-6H2. The van der Waals surface area contributed by atoms with Gasteiger partial charge in [0.05, 0.1) is 0 Å². The van der Waals surface area contributed by atoms with Gasteiger partial charge in [-0.2, -0.15) is 0 Å². The van der Waals surface area contributed by atoms with Gasteiger partial charge in [-0.25, -0.2) is 5.43 Å². The van der Waals surface area contributed by atoms with Crippen LogP contribution in [0.4, 0.5) is 0 Å². The molecule has 0 aromatic carbocycles. The zero-order valence-electron chi connectivity index (χ0n) is 7.12. The molecule has 1 N–H and O–H groups in total. The molecular formula is C9H14N2O. The summed E-state index contributed by atoms with van der Waals surface area (Å²) in [5.74, 6) is 0.630. The van der Waals surface area contributed by atoms with E-state index in [1.807, 2.05) is 0 Å². The van der Waals surface area contributed by atoms with Crippen molar-refractivity contribution in [3.8, 4) is 0 Å². The quantitative estimate of drug-likeness (QED) is 0.590. The first-order valence-electron chi connectivity index (χ1n) is 4.60. The van der Waals surface area contributed by atoms with Gasteiger partial charge in [0.2, 0.25) is 6.41 Å². The number of nitrogens with zero attached hydrogens (tertiary/aromatic N) is 1. The number of hydrazine groups is 1. The molecule has 0 saturated carbocycles. The van der Waals surface area contributed by atoms with Crippen LogP contribution in [-0.2, 0) is 4.79 Å². The number of carbonyl (C=O) groups is 1. The van der Waals surface area contributed by atoms with Crippen LogP contribution in [0.5, 0.6) is 0 Å². The van der Waals surface area contributed by atoms with Gasteiger partial charge in [-0.1, -0.05) is 6.08 Å². The molecule has 0 bridgehead atoms. The summed E-state index contributed by atoms with van der Waals surface area (Å²) in [6.45, 7) is 0.931. The molecule has 1 fully saturated rings. The van der Waals surface area contributed by atoms with E-state index in [9.17, 15) is 4.79 Å². The van der Waals surface area contributed by atoms with Gasteiger partial charge in [0, 0.05) is 18.2 Å². The topological polar surface area (TPSA) is 32.3 Å². The Morgan fingerprint density at radius 2 is 2.50 bits per heavy atom. The maximum Gasteiger partial charge on any atom is 0.228 e. The number of rotatable bonds is 1. The van der Waals surface area contributed by atoms with E-state index in [4.69, 9.17) is 0 Å². The van der Waals surface area contributed by atoms with Gasteiger partial charge in [0.15, 0.2) is 0 Å². The minimum atomic E-state index is 0.630. The summed E-state index contributed by atoms with van der Waals surface area (Å²) in [5, 5.41) is 1.65. The molecule has 1 amide bonds. The second-order valence-electron chi connectivity index (χ2n) is 3.43. The minimum Gasteiger partial charge on any atom is -0.277 e. The first-order valence-corrected chi connectivity index (χ1v) is 4.60. The Morgan fingerprint density at radius 1 is 1.58 bits per heavy atom. The van der Waals surface area contributed by atoms with Crippen molar-refractivity contribution >= 4 is 6.41 Å². The van der Waals surface area contributed by atoms with E-state index in [0.29, 0.717) is 5.92 Å². The van der Waals surface area contributed by atoms with E-state index in [1.165, 1.54) is 25.0 Å². The molecule has 12 heavy (non-hydrogen) atoms. The highest BCUT2D eigenvalue weighted by Crippen LogP contribution is 2.30. The fraction of sp³-hybridized carbons (Fsp3) is 0.667. The molecule has 3 heteroatoms. The molecule has 3 nitrogen and oxygen atoms in total. The predicted octanol–water partition coefficient (Wildman–Crippen LogP) is 1.04. The van der Waals surface area contributed by atoms with Crippen LogP contribution in [-0.4, -0.2) is 18.0 Å². The lowest BCUT2D eigenvalue weighted by Gasteiger charge is -2.35. The van der Waals surface area contributed by atoms with Crippen molar-refractivity contribution in [2.45, 2.75) is 25.7 Å². The summed E-state index contributed by atoms with van der Waals surface area (Å²) in [6.07, 6.45) is 7.89. The van der Waals surface area contributed by atoms with Crippen molar-refractivity contribution < 1.29 is 4.79 Å². The SMILES string of the molecule is O=CN1NCCC2CCCC=C21. The number of carbonyl (C=O) groups excluding carboxylic acids is 1. The lowest BCUT2D eigenvalue weighted by molar-refractivity contribution is -0.120. The molecular weight excluding hydrogens is 152 g/mol. The Kier molecular flexibility index (Phi) is 2.13. The third kappa shape index (κ3) is 1.25. The van der Waals surface area contributed by atoms with Crippen molar-refractivity contribution in [3.63, 3.8) is 0 Å². The van der Waals surface area contributed by atoms with Crippen molar-refractivity contribution in [1.29, 1.82) is 0 Å². The van der Waals surface area contributed by atoms with Crippen LogP contribution in [0, 0.1) is 5.92 Å². The molecule has 0 spiro atoms. The lowest BCUT2D eigenvalue weighted by atomic mass is 9.88. The van der Waals surface area contributed by atoms with E-state index in [2.05, 4.69) is 11.5 Å². The van der Waals surface area contributed by atoms with E-state index < -0.39 is 0 Å². The first-order chi connectivity index (χ1) is 5.92. The maximum atomic E-state index is 10.6. The number of allylic oxidation sites excluding steroid dienone is 2. The Balaban J connectivity index is 2.17. The van der Waals surface area contributed by atoms with Crippen molar-refractivity contribution in [3.05, 3.63) is 11.8 Å². The van der Waals surface area contributed by atoms with E-state index in [1.54, 1.807) is 5.01 Å². The zero-order valence-corrected chi connectivity index (χ0v) is 7.12. The van der Waals surface area contributed by atoms with Gasteiger partial charge in [-0.15, -0.1) is 0 Å². The highest BCUT2D eigenvalue weighted by Gasteiger charge is 2.25. The fourth-order valence-corrected chi connectivity index (χ4v) is 2.06. The molecule has 1 aliphatic heterocycles. The number of hydrogen-bond acceptors (Lipinski definition) is 2. The molecule has 1 atom stereocenters. The Hall–Kier alpha value is -0.830. The van der Waals surface area contributed by atoms with Gasteiger partial charge < -0.3 is 0 Å². The largest absolute Gasteiger partial charge is 0.277 e. The van der Waals surface area contributed by atoms with Gasteiger partial charge >= 0.3 is 0 Å². The van der Waals surface area contributed by atoms with E-state index in [0.717, 1.165) is 19.4 Å². The maximum absolute atomic E-state index is 10.6. The molecule has 2 rings (SSSR count). The van der Waals surface area contributed by atoms with Gasteiger partial charge in [-0.3, -0.25) is 9.80 Å². The summed E-state index contributed by atoms with van der Waals surface area (Å²) < 4.78 is 0. The van der Waals surface area contributed by atoms with Crippen LogP contribution in [0.1, 0.15) is 25.7 Å². The number of hydrogen-bond donors (Lipinski definition) is 1. The molecule has 2 aliphatic rings. The third-order valence-electron chi connectivity index (χ3n) is 2.69. The van der Waals surface area contributed by atoms with E-state index >= 15 is 0 Å². The molecule has 1 saturated heterocycles. The lowest BCUT2D eigenvalue weighted by Crippen LogP contribution is -2.45. The highest BCUT2D eigenvalue weighted by molar-refractivity contribution is 5.51. The molecule has 1 aliphatic carbocycles. The van der Waals surface area contributed by atoms with Gasteiger partial charge in [0.1, 0.15) is 0 Å². The van der Waals surface area contributed by atoms with Crippen molar-refractivity contribution in [2.75, 3.05) is 6.54 Å². The third-order valence-corrected chi connectivity index (χ3v) is 2.69. The van der Waals surface area contributed by atoms with Crippen LogP contribution in [0.15, 0.2) is 11.8 Å². The molecule has 1 heterocycles. The monoisotopic (exact) mass is 166 g/mol.